The molecule has 0 radical (unpaired) electrons. The number of amides is 2. The summed E-state index contributed by atoms with van der Waals surface area (Å²) in [5.74, 6) is -0.0308. The summed E-state index contributed by atoms with van der Waals surface area (Å²) < 4.78 is 5.77. The van der Waals surface area contributed by atoms with Crippen LogP contribution in [0.5, 0.6) is 5.75 Å². The second kappa shape index (κ2) is 12.7. The van der Waals surface area contributed by atoms with Crippen LogP contribution in [0.15, 0.2) is 54.6 Å². The van der Waals surface area contributed by atoms with Crippen LogP contribution in [0.4, 0.5) is 5.69 Å². The second-order valence-corrected chi connectivity index (χ2v) is 10.1. The van der Waals surface area contributed by atoms with E-state index in [1.165, 1.54) is 6.92 Å². The van der Waals surface area contributed by atoms with Crippen LogP contribution >= 0.6 is 11.8 Å². The molecular weight excluding hydrogens is 464 g/mol. The summed E-state index contributed by atoms with van der Waals surface area (Å²) in [6.07, 6.45) is 3.03. The standard InChI is InChI=1S/C27H34N2O5S/c1-3-34-23-13-15-27(16-14-23,18-35-19(2)30)26(33)29-24(17-20-9-11-22(31)12-10-20)25(32)28-21-7-5-4-6-8-21/h4-12,23-24,31H,3,13-18H2,1-2H3,(H,28,32)(H,29,33)/t23?,24-,27?/m0/s1. The number of ether oxygens (including phenoxy) is 1. The van der Waals surface area contributed by atoms with Crippen LogP contribution in [-0.4, -0.2) is 46.5 Å². The highest BCUT2D eigenvalue weighted by Gasteiger charge is 2.43. The molecule has 0 aliphatic heterocycles. The van der Waals surface area contributed by atoms with Gasteiger partial charge in [-0.3, -0.25) is 14.4 Å². The summed E-state index contributed by atoms with van der Waals surface area (Å²) in [5, 5.41) is 15.5. The van der Waals surface area contributed by atoms with Gasteiger partial charge in [-0.1, -0.05) is 42.1 Å². The van der Waals surface area contributed by atoms with Gasteiger partial charge in [-0.15, -0.1) is 0 Å². The molecule has 3 N–H and O–H groups in total. The molecule has 0 saturated heterocycles. The van der Waals surface area contributed by atoms with Crippen molar-refractivity contribution in [3.05, 3.63) is 60.2 Å². The van der Waals surface area contributed by atoms with E-state index in [0.29, 0.717) is 30.9 Å². The quantitative estimate of drug-likeness (QED) is 0.451. The van der Waals surface area contributed by atoms with E-state index in [1.54, 1.807) is 36.4 Å². The Morgan fingerprint density at radius 1 is 1.09 bits per heavy atom. The minimum Gasteiger partial charge on any atom is -0.508 e. The number of thioether (sulfide) groups is 1. The SMILES string of the molecule is CCOC1CCC(CSC(C)=O)(C(=O)N[C@@H](Cc2ccc(O)cc2)C(=O)Nc2ccccc2)CC1. The first-order valence-electron chi connectivity index (χ1n) is 12.0. The first-order valence-corrected chi connectivity index (χ1v) is 13.0. The Hall–Kier alpha value is -2.84. The van der Waals surface area contributed by atoms with Crippen LogP contribution in [-0.2, 0) is 25.5 Å². The zero-order valence-corrected chi connectivity index (χ0v) is 21.1. The molecule has 0 heterocycles. The Morgan fingerprint density at radius 2 is 1.74 bits per heavy atom. The van der Waals surface area contributed by atoms with Crippen molar-refractivity contribution in [3.8, 4) is 5.75 Å². The van der Waals surface area contributed by atoms with Crippen LogP contribution in [0.3, 0.4) is 0 Å². The second-order valence-electron chi connectivity index (χ2n) is 8.97. The average molecular weight is 499 g/mol. The van der Waals surface area contributed by atoms with Crippen molar-refractivity contribution in [2.45, 2.75) is 58.1 Å². The lowest BCUT2D eigenvalue weighted by atomic mass is 9.73. The number of carbonyl (C=O) groups is 3. The summed E-state index contributed by atoms with van der Waals surface area (Å²) in [5.41, 5.74) is 0.703. The number of carbonyl (C=O) groups excluding carboxylic acids is 3. The van der Waals surface area contributed by atoms with E-state index in [-0.39, 0.29) is 35.2 Å². The molecule has 1 fully saturated rings. The summed E-state index contributed by atoms with van der Waals surface area (Å²) >= 11 is 1.15. The minimum atomic E-state index is -0.823. The number of hydrogen-bond acceptors (Lipinski definition) is 6. The lowest BCUT2D eigenvalue weighted by molar-refractivity contribution is -0.136. The first kappa shape index (κ1) is 26.8. The Morgan fingerprint density at radius 3 is 2.34 bits per heavy atom. The van der Waals surface area contributed by atoms with Gasteiger partial charge in [0.05, 0.1) is 11.5 Å². The number of hydrogen-bond donors (Lipinski definition) is 3. The molecule has 8 heteroatoms. The third-order valence-electron chi connectivity index (χ3n) is 6.36. The lowest BCUT2D eigenvalue weighted by Crippen LogP contribution is -2.53. The minimum absolute atomic E-state index is 0.0356. The van der Waals surface area contributed by atoms with E-state index in [4.69, 9.17) is 4.74 Å². The van der Waals surface area contributed by atoms with Crippen molar-refractivity contribution in [3.63, 3.8) is 0 Å². The predicted octanol–water partition coefficient (Wildman–Crippen LogP) is 4.30. The maximum Gasteiger partial charge on any atom is 0.247 e. The number of para-hydroxylation sites is 1. The molecular formula is C27H34N2O5S. The fourth-order valence-corrected chi connectivity index (χ4v) is 5.26. The van der Waals surface area contributed by atoms with Gasteiger partial charge in [-0.2, -0.15) is 0 Å². The zero-order valence-electron chi connectivity index (χ0n) is 20.3. The van der Waals surface area contributed by atoms with Gasteiger partial charge >= 0.3 is 0 Å². The summed E-state index contributed by atoms with van der Waals surface area (Å²) in [6, 6.07) is 14.9. The van der Waals surface area contributed by atoms with E-state index in [2.05, 4.69) is 10.6 Å². The zero-order chi connectivity index (χ0) is 25.3. The normalized spacial score (nSPS) is 20.6. The van der Waals surface area contributed by atoms with E-state index in [0.717, 1.165) is 30.2 Å². The third kappa shape index (κ3) is 7.83. The molecule has 2 aromatic rings. The fraction of sp³-hybridized carbons (Fsp3) is 0.444. The van der Waals surface area contributed by atoms with E-state index in [9.17, 15) is 19.5 Å². The van der Waals surface area contributed by atoms with Crippen molar-refractivity contribution >= 4 is 34.4 Å². The van der Waals surface area contributed by atoms with Crippen molar-refractivity contribution in [2.24, 2.45) is 5.41 Å². The highest BCUT2D eigenvalue weighted by molar-refractivity contribution is 8.13. The topological polar surface area (TPSA) is 105 Å². The molecule has 1 atom stereocenters. The van der Waals surface area contributed by atoms with Crippen LogP contribution < -0.4 is 10.6 Å². The molecule has 35 heavy (non-hydrogen) atoms. The van der Waals surface area contributed by atoms with E-state index < -0.39 is 11.5 Å². The van der Waals surface area contributed by atoms with Crippen LogP contribution in [0.2, 0.25) is 0 Å². The highest BCUT2D eigenvalue weighted by Crippen LogP contribution is 2.40. The number of benzene rings is 2. The van der Waals surface area contributed by atoms with Crippen molar-refractivity contribution in [2.75, 3.05) is 17.7 Å². The summed E-state index contributed by atoms with van der Waals surface area (Å²) in [7, 11) is 0. The molecule has 0 spiro atoms. The summed E-state index contributed by atoms with van der Waals surface area (Å²) in [6.45, 7) is 4.09. The monoisotopic (exact) mass is 498 g/mol. The number of phenolic OH excluding ortho intramolecular Hbond substituents is 1. The lowest BCUT2D eigenvalue weighted by Gasteiger charge is -2.39. The number of rotatable bonds is 10. The molecule has 2 amide bonds. The third-order valence-corrected chi connectivity index (χ3v) is 7.47. The van der Waals surface area contributed by atoms with Gasteiger partial charge in [0.2, 0.25) is 11.8 Å². The Labute approximate surface area is 211 Å². The molecule has 3 rings (SSSR count). The Kier molecular flexibility index (Phi) is 9.74. The maximum atomic E-state index is 13.7. The number of anilines is 1. The van der Waals surface area contributed by atoms with Gasteiger partial charge in [0.15, 0.2) is 5.12 Å². The first-order chi connectivity index (χ1) is 16.8. The molecule has 0 bridgehead atoms. The molecule has 2 aromatic carbocycles. The van der Waals surface area contributed by atoms with Crippen LogP contribution in [0.25, 0.3) is 0 Å². The average Bonchev–Trinajstić information content (AvgIpc) is 2.85. The van der Waals surface area contributed by atoms with E-state index in [1.807, 2.05) is 25.1 Å². The molecule has 1 aliphatic rings. The molecule has 1 saturated carbocycles. The summed E-state index contributed by atoms with van der Waals surface area (Å²) in [4.78, 5) is 38.7. The van der Waals surface area contributed by atoms with E-state index >= 15 is 0 Å². The highest BCUT2D eigenvalue weighted by atomic mass is 32.2. The smallest absolute Gasteiger partial charge is 0.247 e. The van der Waals surface area contributed by atoms with Crippen LogP contribution in [0.1, 0.15) is 45.1 Å². The van der Waals surface area contributed by atoms with Crippen molar-refractivity contribution in [1.29, 1.82) is 0 Å². The van der Waals surface area contributed by atoms with Gasteiger partial charge in [-0.05, 0) is 62.4 Å². The number of phenols is 1. The predicted molar refractivity (Wildman–Crippen MR) is 138 cm³/mol. The molecule has 188 valence electrons. The van der Waals surface area contributed by atoms with Crippen molar-refractivity contribution < 1.29 is 24.2 Å². The van der Waals surface area contributed by atoms with Gasteiger partial charge in [-0.25, -0.2) is 0 Å². The maximum absolute atomic E-state index is 13.7. The molecule has 0 aromatic heterocycles. The van der Waals surface area contributed by atoms with Crippen LogP contribution in [0, 0.1) is 5.41 Å². The van der Waals surface area contributed by atoms with Gasteiger partial charge in [0.25, 0.3) is 0 Å². The number of aromatic hydroxyl groups is 1. The number of nitrogens with one attached hydrogen (secondary N) is 2. The molecule has 0 unspecified atom stereocenters. The molecule has 1 aliphatic carbocycles. The van der Waals surface area contributed by atoms with Gasteiger partial charge in [0, 0.05) is 31.4 Å². The van der Waals surface area contributed by atoms with Gasteiger partial charge < -0.3 is 20.5 Å². The van der Waals surface area contributed by atoms with Gasteiger partial charge in [0.1, 0.15) is 11.8 Å². The van der Waals surface area contributed by atoms with Crippen molar-refractivity contribution in [1.82, 2.24) is 5.32 Å². The largest absolute Gasteiger partial charge is 0.508 e. The Balaban J connectivity index is 1.80. The Bertz CT molecular complexity index is 988. The molecule has 7 nitrogen and oxygen atoms in total. The fourth-order valence-electron chi connectivity index (χ4n) is 4.36.